The molecule has 0 spiro atoms. The van der Waals surface area contributed by atoms with Crippen molar-refractivity contribution in [2.45, 2.75) is 77.7 Å². The van der Waals surface area contributed by atoms with E-state index < -0.39 is 0 Å². The second-order valence-electron chi connectivity index (χ2n) is 8.16. The van der Waals surface area contributed by atoms with Gasteiger partial charge in [-0.05, 0) is 56.5 Å². The number of anilines is 1. The van der Waals surface area contributed by atoms with Gasteiger partial charge in [0, 0.05) is 18.3 Å². The normalized spacial score (nSPS) is 15.8. The van der Waals surface area contributed by atoms with E-state index in [2.05, 4.69) is 67.9 Å². The fourth-order valence-electron chi connectivity index (χ4n) is 2.98. The van der Waals surface area contributed by atoms with E-state index >= 15 is 0 Å². The van der Waals surface area contributed by atoms with Crippen LogP contribution in [0.1, 0.15) is 71.8 Å². The Labute approximate surface area is 161 Å². The molecule has 0 unspecified atom stereocenters. The lowest BCUT2D eigenvalue weighted by atomic mass is 9.87. The quantitative estimate of drug-likeness (QED) is 0.527. The van der Waals surface area contributed by atoms with E-state index in [1.165, 1.54) is 37.7 Å². The van der Waals surface area contributed by atoms with Gasteiger partial charge in [0.25, 0.3) is 0 Å². The van der Waals surface area contributed by atoms with Gasteiger partial charge in [-0.15, -0.1) is 0 Å². The van der Waals surface area contributed by atoms with Crippen molar-refractivity contribution in [3.63, 3.8) is 0 Å². The van der Waals surface area contributed by atoms with E-state index in [0.29, 0.717) is 6.04 Å². The first kappa shape index (κ1) is 22.5. The zero-order valence-corrected chi connectivity index (χ0v) is 17.8. The van der Waals surface area contributed by atoms with Crippen LogP contribution in [-0.4, -0.2) is 32.6 Å². The molecule has 4 heteroatoms. The van der Waals surface area contributed by atoms with Crippen molar-refractivity contribution in [3.8, 4) is 0 Å². The minimum Gasteiger partial charge on any atom is -0.353 e. The number of hydrogen-bond donors (Lipinski definition) is 3. The topological polar surface area (TPSA) is 48.5 Å². The molecular weight excluding hydrogens is 320 g/mol. The molecule has 2 rings (SSSR count). The molecule has 0 aromatic heterocycles. The van der Waals surface area contributed by atoms with Crippen molar-refractivity contribution in [2.24, 2.45) is 4.99 Å². The molecule has 3 N–H and O–H groups in total. The minimum atomic E-state index is 0.192. The van der Waals surface area contributed by atoms with Gasteiger partial charge in [-0.3, -0.25) is 4.99 Å². The Morgan fingerprint density at radius 1 is 1.04 bits per heavy atom. The number of hydrogen-bond acceptors (Lipinski definition) is 2. The van der Waals surface area contributed by atoms with Gasteiger partial charge < -0.3 is 16.0 Å². The summed E-state index contributed by atoms with van der Waals surface area (Å²) < 4.78 is 0. The van der Waals surface area contributed by atoms with Crippen LogP contribution in [0.2, 0.25) is 0 Å². The van der Waals surface area contributed by atoms with Crippen molar-refractivity contribution in [1.29, 1.82) is 0 Å². The highest BCUT2D eigenvalue weighted by Crippen LogP contribution is 2.23. The van der Waals surface area contributed by atoms with E-state index in [4.69, 9.17) is 4.99 Å². The summed E-state index contributed by atoms with van der Waals surface area (Å²) in [4.78, 5) is 4.70. The van der Waals surface area contributed by atoms with E-state index in [1.807, 2.05) is 14.1 Å². The van der Waals surface area contributed by atoms with Gasteiger partial charge in [-0.1, -0.05) is 59.1 Å². The third-order valence-corrected chi connectivity index (χ3v) is 4.45. The average molecular weight is 361 g/mol. The summed E-state index contributed by atoms with van der Waals surface area (Å²) in [6, 6.07) is 9.30. The molecule has 0 atom stereocenters. The Balaban J connectivity index is 0.00000105. The highest BCUT2D eigenvalue weighted by molar-refractivity contribution is 5.93. The smallest absolute Gasteiger partial charge is 0.196 e. The number of benzene rings is 1. The first-order chi connectivity index (χ1) is 12.4. The molecule has 0 radical (unpaired) electrons. The number of guanidine groups is 1. The molecular formula is C22H40N4. The Morgan fingerprint density at radius 2 is 1.62 bits per heavy atom. The maximum atomic E-state index is 4.70. The van der Waals surface area contributed by atoms with Crippen LogP contribution in [0.5, 0.6) is 0 Å². The van der Waals surface area contributed by atoms with Gasteiger partial charge in [0.1, 0.15) is 0 Å². The molecule has 0 bridgehead atoms. The van der Waals surface area contributed by atoms with Gasteiger partial charge in [0.2, 0.25) is 0 Å². The summed E-state index contributed by atoms with van der Waals surface area (Å²) in [6.45, 7) is 9.76. The van der Waals surface area contributed by atoms with E-state index in [9.17, 15) is 0 Å². The van der Waals surface area contributed by atoms with Crippen LogP contribution >= 0.6 is 0 Å². The van der Waals surface area contributed by atoms with Crippen molar-refractivity contribution >= 4 is 11.6 Å². The third-order valence-electron chi connectivity index (χ3n) is 4.45. The second kappa shape index (κ2) is 11.9. The number of nitrogens with zero attached hydrogens (tertiary/aromatic N) is 1. The van der Waals surface area contributed by atoms with Crippen molar-refractivity contribution in [2.75, 3.05) is 26.0 Å². The highest BCUT2D eigenvalue weighted by Gasteiger charge is 2.16. The minimum absolute atomic E-state index is 0.192. The Bertz CT molecular complexity index is 508. The molecule has 0 aliphatic heterocycles. The predicted octanol–water partition coefficient (Wildman–Crippen LogP) is 4.92. The highest BCUT2D eigenvalue weighted by atomic mass is 15.2. The number of aliphatic imine (C=N–C) groups is 1. The lowest BCUT2D eigenvalue weighted by Crippen LogP contribution is -2.40. The van der Waals surface area contributed by atoms with Crippen molar-refractivity contribution < 1.29 is 0 Å². The number of rotatable bonds is 4. The lowest BCUT2D eigenvalue weighted by Gasteiger charge is -2.25. The summed E-state index contributed by atoms with van der Waals surface area (Å²) in [5.41, 5.74) is 2.66. The van der Waals surface area contributed by atoms with Gasteiger partial charge in [0.05, 0.1) is 0 Å². The van der Waals surface area contributed by atoms with Crippen molar-refractivity contribution in [1.82, 2.24) is 10.6 Å². The van der Waals surface area contributed by atoms with E-state index in [1.54, 1.807) is 0 Å². The Kier molecular flexibility index (Phi) is 10.3. The zero-order valence-electron chi connectivity index (χ0n) is 17.8. The summed E-state index contributed by atoms with van der Waals surface area (Å²) in [5.74, 6) is 0.933. The van der Waals surface area contributed by atoms with Crippen molar-refractivity contribution in [3.05, 3.63) is 29.8 Å². The van der Waals surface area contributed by atoms with E-state index in [-0.39, 0.29) is 5.41 Å². The van der Waals surface area contributed by atoms with Crippen LogP contribution in [-0.2, 0) is 5.41 Å². The van der Waals surface area contributed by atoms with Crippen LogP contribution in [0.4, 0.5) is 5.69 Å². The Morgan fingerprint density at radius 3 is 2.12 bits per heavy atom. The molecule has 26 heavy (non-hydrogen) atoms. The van der Waals surface area contributed by atoms with Gasteiger partial charge in [0.15, 0.2) is 5.96 Å². The first-order valence-electron chi connectivity index (χ1n) is 10.2. The molecule has 4 nitrogen and oxygen atoms in total. The molecule has 148 valence electrons. The SMILES string of the molecule is CCCN=C(Nc1ccc(C(C)(C)C)cc1)NC1CCCCC1.CNC. The summed E-state index contributed by atoms with van der Waals surface area (Å²) >= 11 is 0. The standard InChI is InChI=1S/C20H33N3.C2H7N/c1-5-15-21-19(22-17-9-7-6-8-10-17)23-18-13-11-16(12-14-18)20(2,3)4;1-3-2/h11-14,17H,5-10,15H2,1-4H3,(H2,21,22,23);3H,1-2H3. The molecule has 1 fully saturated rings. The second-order valence-corrected chi connectivity index (χ2v) is 8.16. The molecule has 1 aliphatic carbocycles. The maximum absolute atomic E-state index is 4.70. The monoisotopic (exact) mass is 360 g/mol. The molecule has 1 saturated carbocycles. The van der Waals surface area contributed by atoms with Crippen LogP contribution in [0.15, 0.2) is 29.3 Å². The number of nitrogens with one attached hydrogen (secondary N) is 3. The molecule has 0 amide bonds. The van der Waals surface area contributed by atoms with Crippen LogP contribution in [0.3, 0.4) is 0 Å². The van der Waals surface area contributed by atoms with E-state index in [0.717, 1.165) is 24.6 Å². The summed E-state index contributed by atoms with van der Waals surface area (Å²) in [7, 11) is 3.75. The zero-order chi connectivity index (χ0) is 19.4. The first-order valence-corrected chi connectivity index (χ1v) is 10.2. The largest absolute Gasteiger partial charge is 0.353 e. The molecule has 1 aromatic rings. The Hall–Kier alpha value is -1.55. The van der Waals surface area contributed by atoms with Gasteiger partial charge in [-0.2, -0.15) is 0 Å². The summed E-state index contributed by atoms with van der Waals surface area (Å²) in [6.07, 6.45) is 7.63. The maximum Gasteiger partial charge on any atom is 0.196 e. The third kappa shape index (κ3) is 8.70. The molecule has 1 aromatic carbocycles. The van der Waals surface area contributed by atoms with Gasteiger partial charge in [-0.25, -0.2) is 0 Å². The molecule has 1 aliphatic rings. The van der Waals surface area contributed by atoms with Crippen LogP contribution in [0, 0.1) is 0 Å². The predicted molar refractivity (Wildman–Crippen MR) is 116 cm³/mol. The fourth-order valence-corrected chi connectivity index (χ4v) is 2.98. The van der Waals surface area contributed by atoms with Crippen LogP contribution in [0.25, 0.3) is 0 Å². The lowest BCUT2D eigenvalue weighted by molar-refractivity contribution is 0.413. The van der Waals surface area contributed by atoms with Crippen LogP contribution < -0.4 is 16.0 Å². The fraction of sp³-hybridized carbons (Fsp3) is 0.682. The molecule has 0 saturated heterocycles. The average Bonchev–Trinajstić information content (AvgIpc) is 2.61. The van der Waals surface area contributed by atoms with Gasteiger partial charge >= 0.3 is 0 Å². The summed E-state index contributed by atoms with van der Waals surface area (Å²) in [5, 5.41) is 9.85. The molecule has 0 heterocycles.